The number of hydrogen-bond acceptors (Lipinski definition) is 2. The summed E-state index contributed by atoms with van der Waals surface area (Å²) < 4.78 is 0. The van der Waals surface area contributed by atoms with Crippen LogP contribution in [0.15, 0.2) is 54.9 Å². The van der Waals surface area contributed by atoms with Crippen LogP contribution in [0.2, 0.25) is 0 Å². The van der Waals surface area contributed by atoms with Crippen LogP contribution in [0.1, 0.15) is 35.6 Å². The van der Waals surface area contributed by atoms with Gasteiger partial charge in [0.15, 0.2) is 0 Å². The number of carboxylic acids is 1. The lowest BCUT2D eigenvalue weighted by molar-refractivity contribution is -0.136. The predicted molar refractivity (Wildman–Crippen MR) is 96.3 cm³/mol. The maximum absolute atomic E-state index is 10.9. The molecule has 0 aliphatic carbocycles. The molecular weight excluding hydrogens is 298 g/mol. The normalized spacial score (nSPS) is 10.9. The summed E-state index contributed by atoms with van der Waals surface area (Å²) in [4.78, 5) is 15.1. The van der Waals surface area contributed by atoms with Gasteiger partial charge in [-0.1, -0.05) is 43.3 Å². The van der Waals surface area contributed by atoms with Crippen molar-refractivity contribution in [2.24, 2.45) is 0 Å². The lowest BCUT2D eigenvalue weighted by Crippen LogP contribution is -2.02. The second kappa shape index (κ2) is 7.26. The third-order valence-corrected chi connectivity index (χ3v) is 4.48. The minimum absolute atomic E-state index is 0.145. The summed E-state index contributed by atoms with van der Waals surface area (Å²) in [7, 11) is 0. The molecule has 0 unspecified atom stereocenters. The molecule has 0 radical (unpaired) electrons. The molecule has 0 spiro atoms. The van der Waals surface area contributed by atoms with Gasteiger partial charge in [0.05, 0.1) is 0 Å². The third kappa shape index (κ3) is 3.46. The molecule has 1 heterocycles. The van der Waals surface area contributed by atoms with E-state index in [4.69, 9.17) is 5.11 Å². The van der Waals surface area contributed by atoms with E-state index in [9.17, 15) is 4.79 Å². The average Bonchev–Trinajstić information content (AvgIpc) is 2.61. The Hall–Kier alpha value is -2.68. The summed E-state index contributed by atoms with van der Waals surface area (Å²) in [5.41, 5.74) is 4.78. The van der Waals surface area contributed by atoms with Crippen LogP contribution >= 0.6 is 0 Å². The number of carbonyl (C=O) groups is 1. The van der Waals surface area contributed by atoms with Crippen LogP contribution in [0.25, 0.3) is 10.8 Å². The summed E-state index contributed by atoms with van der Waals surface area (Å²) in [5, 5.41) is 11.5. The molecule has 0 saturated heterocycles. The highest BCUT2D eigenvalue weighted by Crippen LogP contribution is 2.26. The molecule has 0 saturated carbocycles. The van der Waals surface area contributed by atoms with E-state index in [-0.39, 0.29) is 6.42 Å². The Morgan fingerprint density at radius 1 is 0.958 bits per heavy atom. The van der Waals surface area contributed by atoms with Crippen molar-refractivity contribution < 1.29 is 9.90 Å². The Morgan fingerprint density at radius 3 is 2.38 bits per heavy atom. The highest BCUT2D eigenvalue weighted by Gasteiger charge is 2.09. The third-order valence-electron chi connectivity index (χ3n) is 4.48. The first kappa shape index (κ1) is 16.2. The van der Waals surface area contributed by atoms with Crippen molar-refractivity contribution in [3.63, 3.8) is 0 Å². The lowest BCUT2D eigenvalue weighted by atomic mass is 9.93. The zero-order chi connectivity index (χ0) is 16.9. The second-order valence-electron chi connectivity index (χ2n) is 6.00. The number of aliphatic carboxylic acids is 1. The largest absolute Gasteiger partial charge is 0.481 e. The summed E-state index contributed by atoms with van der Waals surface area (Å²) in [6.07, 6.45) is 6.06. The molecule has 0 fully saturated rings. The maximum Gasteiger partial charge on any atom is 0.303 e. The molecule has 0 aliphatic heterocycles. The first-order chi connectivity index (χ1) is 11.7. The van der Waals surface area contributed by atoms with Crippen molar-refractivity contribution in [2.75, 3.05) is 0 Å². The number of aromatic nitrogens is 1. The van der Waals surface area contributed by atoms with Crippen LogP contribution in [0, 0.1) is 0 Å². The number of carboxylic acid groups (broad SMARTS) is 1. The SMILES string of the molecule is CCc1ccc(Cc2cnccc2CCC(=O)O)c2ccccc12. The summed E-state index contributed by atoms with van der Waals surface area (Å²) in [6.45, 7) is 2.17. The Labute approximate surface area is 142 Å². The molecular formula is C21H21NO2. The fraction of sp³-hybridized carbons (Fsp3) is 0.238. The molecule has 3 aromatic rings. The van der Waals surface area contributed by atoms with Crippen molar-refractivity contribution in [1.82, 2.24) is 4.98 Å². The minimum atomic E-state index is -0.768. The maximum atomic E-state index is 10.9. The van der Waals surface area contributed by atoms with Gasteiger partial charge in [0.25, 0.3) is 0 Å². The monoisotopic (exact) mass is 319 g/mol. The van der Waals surface area contributed by atoms with Crippen LogP contribution in [0.5, 0.6) is 0 Å². The summed E-state index contributed by atoms with van der Waals surface area (Å²) in [6, 6.07) is 14.8. The topological polar surface area (TPSA) is 50.2 Å². The summed E-state index contributed by atoms with van der Waals surface area (Å²) >= 11 is 0. The Balaban J connectivity index is 1.98. The van der Waals surface area contributed by atoms with Crippen LogP contribution in [0.4, 0.5) is 0 Å². The predicted octanol–water partition coefficient (Wildman–Crippen LogP) is 4.41. The van der Waals surface area contributed by atoms with E-state index < -0.39 is 5.97 Å². The highest BCUT2D eigenvalue weighted by molar-refractivity contribution is 5.89. The fourth-order valence-corrected chi connectivity index (χ4v) is 3.19. The lowest BCUT2D eigenvalue weighted by Gasteiger charge is -2.12. The molecule has 0 amide bonds. The number of rotatable bonds is 6. The standard InChI is InChI=1S/C21H21NO2/c1-2-15-7-8-17(20-6-4-3-5-19(15)20)13-18-14-22-12-11-16(18)9-10-21(23)24/h3-8,11-12,14H,2,9-10,13H2,1H3,(H,23,24). The number of pyridine rings is 1. The molecule has 3 nitrogen and oxygen atoms in total. The molecule has 1 N–H and O–H groups in total. The van der Waals surface area contributed by atoms with Crippen molar-refractivity contribution in [1.29, 1.82) is 0 Å². The van der Waals surface area contributed by atoms with E-state index >= 15 is 0 Å². The van der Waals surface area contributed by atoms with E-state index in [1.807, 2.05) is 12.3 Å². The molecule has 122 valence electrons. The van der Waals surface area contributed by atoms with Gasteiger partial charge in [-0.25, -0.2) is 0 Å². The molecule has 0 atom stereocenters. The smallest absolute Gasteiger partial charge is 0.303 e. The van der Waals surface area contributed by atoms with Gasteiger partial charge in [-0.3, -0.25) is 9.78 Å². The highest BCUT2D eigenvalue weighted by atomic mass is 16.4. The molecule has 1 aromatic heterocycles. The van der Waals surface area contributed by atoms with Gasteiger partial charge in [0.1, 0.15) is 0 Å². The van der Waals surface area contributed by atoms with Gasteiger partial charge in [-0.05, 0) is 58.4 Å². The van der Waals surface area contributed by atoms with E-state index in [0.29, 0.717) is 6.42 Å². The van der Waals surface area contributed by atoms with Crippen molar-refractivity contribution in [2.45, 2.75) is 32.6 Å². The second-order valence-corrected chi connectivity index (χ2v) is 6.00. The van der Waals surface area contributed by atoms with Crippen LogP contribution in [-0.2, 0) is 24.1 Å². The van der Waals surface area contributed by atoms with Gasteiger partial charge in [0, 0.05) is 18.8 Å². The first-order valence-electron chi connectivity index (χ1n) is 8.32. The van der Waals surface area contributed by atoms with Crippen molar-refractivity contribution in [3.05, 3.63) is 77.1 Å². The molecule has 0 aliphatic rings. The zero-order valence-electron chi connectivity index (χ0n) is 13.8. The van der Waals surface area contributed by atoms with Gasteiger partial charge in [-0.15, -0.1) is 0 Å². The van der Waals surface area contributed by atoms with Crippen LogP contribution in [-0.4, -0.2) is 16.1 Å². The van der Waals surface area contributed by atoms with Crippen LogP contribution < -0.4 is 0 Å². The zero-order valence-corrected chi connectivity index (χ0v) is 13.8. The van der Waals surface area contributed by atoms with Gasteiger partial charge >= 0.3 is 5.97 Å². The van der Waals surface area contributed by atoms with Crippen LogP contribution in [0.3, 0.4) is 0 Å². The summed E-state index contributed by atoms with van der Waals surface area (Å²) in [5.74, 6) is -0.768. The Bertz CT molecular complexity index is 871. The molecule has 3 heteroatoms. The van der Waals surface area contributed by atoms with E-state index in [1.54, 1.807) is 6.20 Å². The number of benzene rings is 2. The van der Waals surface area contributed by atoms with Gasteiger partial charge < -0.3 is 5.11 Å². The molecule has 24 heavy (non-hydrogen) atoms. The number of hydrogen-bond donors (Lipinski definition) is 1. The average molecular weight is 319 g/mol. The quantitative estimate of drug-likeness (QED) is 0.732. The number of aryl methyl sites for hydroxylation is 2. The van der Waals surface area contributed by atoms with E-state index in [2.05, 4.69) is 48.3 Å². The first-order valence-corrected chi connectivity index (χ1v) is 8.32. The molecule has 3 rings (SSSR count). The van der Waals surface area contributed by atoms with E-state index in [1.165, 1.54) is 21.9 Å². The minimum Gasteiger partial charge on any atom is -0.481 e. The van der Waals surface area contributed by atoms with E-state index in [0.717, 1.165) is 24.0 Å². The molecule has 2 aromatic carbocycles. The van der Waals surface area contributed by atoms with Crippen molar-refractivity contribution in [3.8, 4) is 0 Å². The number of fused-ring (bicyclic) bond motifs is 1. The van der Waals surface area contributed by atoms with Crippen molar-refractivity contribution >= 4 is 16.7 Å². The molecule has 0 bridgehead atoms. The Kier molecular flexibility index (Phi) is 4.90. The van der Waals surface area contributed by atoms with Gasteiger partial charge in [-0.2, -0.15) is 0 Å². The number of nitrogens with zero attached hydrogens (tertiary/aromatic N) is 1. The fourth-order valence-electron chi connectivity index (χ4n) is 3.19. The van der Waals surface area contributed by atoms with Gasteiger partial charge in [0.2, 0.25) is 0 Å². The Morgan fingerprint density at radius 2 is 1.67 bits per heavy atom.